The van der Waals surface area contributed by atoms with Crippen molar-refractivity contribution in [1.82, 2.24) is 4.72 Å². The lowest BCUT2D eigenvalue weighted by molar-refractivity contribution is 0.180. The average molecular weight is 289 g/mol. The summed E-state index contributed by atoms with van der Waals surface area (Å²) in [6, 6.07) is 5.48. The molecule has 5 nitrogen and oxygen atoms in total. The zero-order valence-electron chi connectivity index (χ0n) is 9.97. The first-order valence-corrected chi connectivity index (χ1v) is 6.97. The van der Waals surface area contributed by atoms with Crippen LogP contribution in [0.15, 0.2) is 23.1 Å². The molecule has 1 rings (SSSR count). The Bertz CT molecular complexity index is 566. The van der Waals surface area contributed by atoms with Crippen molar-refractivity contribution in [3.8, 4) is 6.07 Å². The fraction of sp³-hybridized carbons (Fsp3) is 0.364. The maximum atomic E-state index is 12.0. The van der Waals surface area contributed by atoms with Gasteiger partial charge < -0.3 is 4.74 Å². The van der Waals surface area contributed by atoms with Crippen LogP contribution >= 0.6 is 11.6 Å². The lowest BCUT2D eigenvalue weighted by Crippen LogP contribution is -2.35. The monoisotopic (exact) mass is 288 g/mol. The molecule has 0 heterocycles. The maximum Gasteiger partial charge on any atom is 0.240 e. The van der Waals surface area contributed by atoms with Gasteiger partial charge in [0.2, 0.25) is 10.0 Å². The molecule has 1 N–H and O–H groups in total. The van der Waals surface area contributed by atoms with Gasteiger partial charge in [0.15, 0.2) is 0 Å². The van der Waals surface area contributed by atoms with Gasteiger partial charge in [0, 0.05) is 13.2 Å². The summed E-state index contributed by atoms with van der Waals surface area (Å²) in [7, 11) is -2.16. The van der Waals surface area contributed by atoms with Crippen LogP contribution in [0.2, 0.25) is 5.02 Å². The molecule has 18 heavy (non-hydrogen) atoms. The molecule has 0 aromatic heterocycles. The topological polar surface area (TPSA) is 79.2 Å². The Kier molecular flexibility index (Phi) is 5.11. The van der Waals surface area contributed by atoms with Crippen LogP contribution in [0.25, 0.3) is 0 Å². The van der Waals surface area contributed by atoms with Crippen molar-refractivity contribution in [2.45, 2.75) is 17.9 Å². The van der Waals surface area contributed by atoms with E-state index in [9.17, 15) is 8.42 Å². The number of benzene rings is 1. The van der Waals surface area contributed by atoms with Gasteiger partial charge in [-0.1, -0.05) is 11.6 Å². The molecule has 0 aliphatic heterocycles. The summed E-state index contributed by atoms with van der Waals surface area (Å²) in [4.78, 5) is 0.0226. The Morgan fingerprint density at radius 2 is 2.22 bits per heavy atom. The summed E-state index contributed by atoms with van der Waals surface area (Å²) in [5.74, 6) is 0. The Hall–Kier alpha value is -1.13. The number of ether oxygens (including phenoxy) is 1. The van der Waals surface area contributed by atoms with E-state index < -0.39 is 10.0 Å². The molecule has 1 atom stereocenters. The normalized spacial score (nSPS) is 13.0. The number of nitrogens with one attached hydrogen (secondary N) is 1. The van der Waals surface area contributed by atoms with Gasteiger partial charge in [-0.05, 0) is 25.1 Å². The van der Waals surface area contributed by atoms with Gasteiger partial charge in [-0.2, -0.15) is 5.26 Å². The number of nitrogens with zero attached hydrogens (tertiary/aromatic N) is 1. The van der Waals surface area contributed by atoms with Crippen molar-refractivity contribution in [2.75, 3.05) is 13.7 Å². The Labute approximate surface area is 111 Å². The molecule has 1 aromatic rings. The molecular formula is C11H13ClN2O3S. The predicted molar refractivity (Wildman–Crippen MR) is 67.8 cm³/mol. The molecule has 0 radical (unpaired) electrons. The summed E-state index contributed by atoms with van der Waals surface area (Å²) in [5.41, 5.74) is 0.237. The number of hydrogen-bond donors (Lipinski definition) is 1. The van der Waals surface area contributed by atoms with Gasteiger partial charge in [-0.3, -0.25) is 0 Å². The van der Waals surface area contributed by atoms with Crippen LogP contribution in [0.4, 0.5) is 0 Å². The lowest BCUT2D eigenvalue weighted by atomic mass is 10.2. The van der Waals surface area contributed by atoms with E-state index in [-0.39, 0.29) is 28.1 Å². The molecule has 1 unspecified atom stereocenters. The minimum absolute atomic E-state index is 0.0226. The summed E-state index contributed by atoms with van der Waals surface area (Å²) in [5, 5.41) is 8.82. The van der Waals surface area contributed by atoms with Crippen LogP contribution in [0.3, 0.4) is 0 Å². The highest BCUT2D eigenvalue weighted by Crippen LogP contribution is 2.20. The molecule has 0 fully saturated rings. The SMILES string of the molecule is COCC(C)NS(=O)(=O)c1ccc(C#N)c(Cl)c1. The van der Waals surface area contributed by atoms with E-state index >= 15 is 0 Å². The van der Waals surface area contributed by atoms with Gasteiger partial charge in [0.05, 0.1) is 22.1 Å². The first-order chi connectivity index (χ1) is 8.40. The Morgan fingerprint density at radius 3 is 2.72 bits per heavy atom. The molecule has 0 spiro atoms. The summed E-state index contributed by atoms with van der Waals surface area (Å²) < 4.78 is 31.2. The molecular weight excluding hydrogens is 276 g/mol. The van der Waals surface area contributed by atoms with E-state index in [2.05, 4.69) is 4.72 Å². The second kappa shape index (κ2) is 6.16. The van der Waals surface area contributed by atoms with Crippen molar-refractivity contribution in [1.29, 1.82) is 5.26 Å². The van der Waals surface area contributed by atoms with E-state index in [0.29, 0.717) is 0 Å². The standard InChI is InChI=1S/C11H13ClN2O3S/c1-8(7-17-2)14-18(15,16)10-4-3-9(6-13)11(12)5-10/h3-5,8,14H,7H2,1-2H3. The fourth-order valence-electron chi connectivity index (χ4n) is 1.37. The number of nitriles is 1. The van der Waals surface area contributed by atoms with Gasteiger partial charge in [-0.25, -0.2) is 13.1 Å². The van der Waals surface area contributed by atoms with E-state index in [1.165, 1.54) is 25.3 Å². The largest absolute Gasteiger partial charge is 0.383 e. The third kappa shape index (κ3) is 3.68. The van der Waals surface area contributed by atoms with Gasteiger partial charge in [0.25, 0.3) is 0 Å². The molecule has 0 saturated carbocycles. The zero-order chi connectivity index (χ0) is 13.8. The smallest absolute Gasteiger partial charge is 0.240 e. The van der Waals surface area contributed by atoms with Crippen molar-refractivity contribution in [3.05, 3.63) is 28.8 Å². The number of rotatable bonds is 5. The van der Waals surface area contributed by atoms with Crippen LogP contribution in [0.5, 0.6) is 0 Å². The number of sulfonamides is 1. The Morgan fingerprint density at radius 1 is 1.56 bits per heavy atom. The van der Waals surface area contributed by atoms with Crippen molar-refractivity contribution >= 4 is 21.6 Å². The van der Waals surface area contributed by atoms with Gasteiger partial charge >= 0.3 is 0 Å². The van der Waals surface area contributed by atoms with Crippen LogP contribution in [-0.4, -0.2) is 28.2 Å². The van der Waals surface area contributed by atoms with E-state index in [0.717, 1.165) is 0 Å². The van der Waals surface area contributed by atoms with Crippen molar-refractivity contribution in [3.63, 3.8) is 0 Å². The van der Waals surface area contributed by atoms with Crippen molar-refractivity contribution in [2.24, 2.45) is 0 Å². The third-order valence-electron chi connectivity index (χ3n) is 2.14. The first-order valence-electron chi connectivity index (χ1n) is 5.11. The molecule has 0 bridgehead atoms. The van der Waals surface area contributed by atoms with Gasteiger partial charge in [0.1, 0.15) is 6.07 Å². The Balaban J connectivity index is 2.99. The average Bonchev–Trinajstić information content (AvgIpc) is 2.28. The molecule has 0 aliphatic carbocycles. The van der Waals surface area contributed by atoms with Crippen LogP contribution < -0.4 is 4.72 Å². The molecule has 1 aromatic carbocycles. The molecule has 0 amide bonds. The summed E-state index contributed by atoms with van der Waals surface area (Å²) >= 11 is 5.79. The highest BCUT2D eigenvalue weighted by molar-refractivity contribution is 7.89. The molecule has 98 valence electrons. The maximum absolute atomic E-state index is 12.0. The van der Waals surface area contributed by atoms with Crippen LogP contribution in [0, 0.1) is 11.3 Å². The zero-order valence-corrected chi connectivity index (χ0v) is 11.5. The minimum atomic E-state index is -3.65. The molecule has 0 aliphatic rings. The number of methoxy groups -OCH3 is 1. The molecule has 7 heteroatoms. The van der Waals surface area contributed by atoms with Crippen LogP contribution in [0.1, 0.15) is 12.5 Å². The second-order valence-corrected chi connectivity index (χ2v) is 5.85. The highest BCUT2D eigenvalue weighted by atomic mass is 35.5. The fourth-order valence-corrected chi connectivity index (χ4v) is 2.91. The summed E-state index contributed by atoms with van der Waals surface area (Å²) in [6.07, 6.45) is 0. The highest BCUT2D eigenvalue weighted by Gasteiger charge is 2.18. The van der Waals surface area contributed by atoms with Crippen LogP contribution in [-0.2, 0) is 14.8 Å². The first kappa shape index (κ1) is 14.9. The van der Waals surface area contributed by atoms with Crippen molar-refractivity contribution < 1.29 is 13.2 Å². The number of halogens is 1. The quantitative estimate of drug-likeness (QED) is 0.891. The van der Waals surface area contributed by atoms with E-state index in [4.69, 9.17) is 21.6 Å². The third-order valence-corrected chi connectivity index (χ3v) is 4.04. The number of hydrogen-bond acceptors (Lipinski definition) is 4. The van der Waals surface area contributed by atoms with E-state index in [1.807, 2.05) is 6.07 Å². The predicted octanol–water partition coefficient (Wildman–Crippen LogP) is 1.52. The lowest BCUT2D eigenvalue weighted by Gasteiger charge is -2.13. The summed E-state index contributed by atoms with van der Waals surface area (Å²) in [6.45, 7) is 1.95. The molecule has 0 saturated heterocycles. The van der Waals surface area contributed by atoms with E-state index in [1.54, 1.807) is 6.92 Å². The minimum Gasteiger partial charge on any atom is -0.383 e. The second-order valence-electron chi connectivity index (χ2n) is 3.73. The van der Waals surface area contributed by atoms with Gasteiger partial charge in [-0.15, -0.1) is 0 Å².